The standard InChI is InChI=1S/C27H33N3O/c1-27(2)22-14-13-21(24(27)16-22)17-28-26(31)30-18-23(20-11-7-4-8-12-20)25(29-30)15-19-9-5-3-6-10-19/h3-12,21-24H,13-18H2,1-2H3,(H,28,31)/t21-,22?,23?,24?/m0/s1. The number of nitrogens with one attached hydrogen (secondary N) is 1. The normalized spacial score (nSPS) is 28.6. The molecule has 162 valence electrons. The summed E-state index contributed by atoms with van der Waals surface area (Å²) in [7, 11) is 0. The molecule has 0 spiro atoms. The van der Waals surface area contributed by atoms with E-state index in [1.165, 1.54) is 30.4 Å². The van der Waals surface area contributed by atoms with Crippen molar-refractivity contribution in [1.29, 1.82) is 0 Å². The number of amides is 2. The SMILES string of the molecule is CC1(C)C2CC[C@@H](CNC(=O)N3CC(c4ccccc4)C(Cc4ccccc4)=N3)C1C2. The Morgan fingerprint density at radius 2 is 1.77 bits per heavy atom. The van der Waals surface area contributed by atoms with E-state index in [0.717, 1.165) is 30.5 Å². The summed E-state index contributed by atoms with van der Waals surface area (Å²) in [5.41, 5.74) is 3.96. The number of nitrogens with zero attached hydrogens (tertiary/aromatic N) is 2. The molecule has 1 heterocycles. The number of urea groups is 1. The Hall–Kier alpha value is -2.62. The second-order valence-electron chi connectivity index (χ2n) is 10.2. The molecule has 2 amide bonds. The zero-order valence-corrected chi connectivity index (χ0v) is 18.6. The Balaban J connectivity index is 1.27. The van der Waals surface area contributed by atoms with Gasteiger partial charge in [-0.1, -0.05) is 74.5 Å². The predicted octanol–water partition coefficient (Wildman–Crippen LogP) is 5.47. The van der Waals surface area contributed by atoms with E-state index >= 15 is 0 Å². The van der Waals surface area contributed by atoms with E-state index in [9.17, 15) is 4.79 Å². The van der Waals surface area contributed by atoms with Crippen molar-refractivity contribution in [3.05, 3.63) is 71.8 Å². The lowest BCUT2D eigenvalue weighted by atomic mass is 9.45. The second-order valence-corrected chi connectivity index (χ2v) is 10.2. The third-order valence-corrected chi connectivity index (χ3v) is 8.19. The summed E-state index contributed by atoms with van der Waals surface area (Å²) in [5.74, 6) is 2.39. The fourth-order valence-electron chi connectivity index (χ4n) is 6.14. The van der Waals surface area contributed by atoms with Crippen molar-refractivity contribution in [2.75, 3.05) is 13.1 Å². The number of fused-ring (bicyclic) bond motifs is 2. The topological polar surface area (TPSA) is 44.7 Å². The minimum absolute atomic E-state index is 0.0526. The zero-order chi connectivity index (χ0) is 21.4. The average Bonchev–Trinajstić information content (AvgIpc) is 3.22. The summed E-state index contributed by atoms with van der Waals surface area (Å²) in [6.07, 6.45) is 4.66. The van der Waals surface area contributed by atoms with Gasteiger partial charge in [-0.05, 0) is 53.6 Å². The van der Waals surface area contributed by atoms with E-state index in [1.54, 1.807) is 5.01 Å². The van der Waals surface area contributed by atoms with Crippen LogP contribution in [-0.4, -0.2) is 29.8 Å². The van der Waals surface area contributed by atoms with Crippen LogP contribution in [0.25, 0.3) is 0 Å². The molecule has 2 aromatic carbocycles. The molecule has 4 nitrogen and oxygen atoms in total. The summed E-state index contributed by atoms with van der Waals surface area (Å²) in [5, 5.41) is 9.68. The molecular weight excluding hydrogens is 382 g/mol. The van der Waals surface area contributed by atoms with E-state index < -0.39 is 0 Å². The Morgan fingerprint density at radius 3 is 2.45 bits per heavy atom. The highest BCUT2D eigenvalue weighted by Gasteiger charge is 2.54. The second kappa shape index (κ2) is 8.14. The number of hydrogen-bond acceptors (Lipinski definition) is 2. The van der Waals surface area contributed by atoms with Crippen LogP contribution in [0.3, 0.4) is 0 Å². The summed E-state index contributed by atoms with van der Waals surface area (Å²) in [6.45, 7) is 6.20. The molecular formula is C27H33N3O. The molecule has 2 aromatic rings. The Bertz CT molecular complexity index is 951. The van der Waals surface area contributed by atoms with Crippen molar-refractivity contribution in [3.63, 3.8) is 0 Å². The van der Waals surface area contributed by atoms with Crippen LogP contribution in [-0.2, 0) is 6.42 Å². The Kier molecular flexibility index (Phi) is 5.33. The van der Waals surface area contributed by atoms with E-state index in [0.29, 0.717) is 17.9 Å². The lowest BCUT2D eigenvalue weighted by molar-refractivity contribution is -0.103. The maximum atomic E-state index is 13.1. The molecule has 0 aromatic heterocycles. The van der Waals surface area contributed by atoms with Crippen molar-refractivity contribution in [3.8, 4) is 0 Å². The molecule has 0 radical (unpaired) electrons. The molecule has 6 rings (SSSR count). The number of benzene rings is 2. The van der Waals surface area contributed by atoms with E-state index in [-0.39, 0.29) is 11.9 Å². The lowest BCUT2D eigenvalue weighted by Gasteiger charge is -2.60. The average molecular weight is 416 g/mol. The molecule has 31 heavy (non-hydrogen) atoms. The molecule has 1 N–H and O–H groups in total. The summed E-state index contributed by atoms with van der Waals surface area (Å²) >= 11 is 0. The third kappa shape index (κ3) is 3.88. The first-order valence-corrected chi connectivity index (χ1v) is 11.7. The van der Waals surface area contributed by atoms with E-state index in [2.05, 4.69) is 67.7 Å². The van der Waals surface area contributed by atoms with Gasteiger partial charge in [0.25, 0.3) is 0 Å². The summed E-state index contributed by atoms with van der Waals surface area (Å²) < 4.78 is 0. The first-order valence-electron chi connectivity index (χ1n) is 11.7. The first-order chi connectivity index (χ1) is 15.0. The van der Waals surface area contributed by atoms with Gasteiger partial charge in [-0.15, -0.1) is 0 Å². The predicted molar refractivity (Wildman–Crippen MR) is 125 cm³/mol. The minimum Gasteiger partial charge on any atom is -0.336 e. The third-order valence-electron chi connectivity index (χ3n) is 8.19. The molecule has 3 aliphatic carbocycles. The maximum Gasteiger partial charge on any atom is 0.337 e. The molecule has 1 aliphatic heterocycles. The van der Waals surface area contributed by atoms with Gasteiger partial charge in [0, 0.05) is 18.9 Å². The van der Waals surface area contributed by atoms with E-state index in [1.807, 2.05) is 12.1 Å². The minimum atomic E-state index is -0.0526. The van der Waals surface area contributed by atoms with Crippen LogP contribution in [0, 0.1) is 23.2 Å². The van der Waals surface area contributed by atoms with Crippen LogP contribution >= 0.6 is 0 Å². The van der Waals surface area contributed by atoms with Gasteiger partial charge < -0.3 is 5.32 Å². The molecule has 3 unspecified atom stereocenters. The summed E-state index contributed by atoms with van der Waals surface area (Å²) in [6, 6.07) is 20.8. The highest BCUT2D eigenvalue weighted by Crippen LogP contribution is 2.61. The smallest absolute Gasteiger partial charge is 0.336 e. The molecule has 4 aliphatic rings. The van der Waals surface area contributed by atoms with Crippen LogP contribution in [0.1, 0.15) is 50.2 Å². The van der Waals surface area contributed by atoms with Gasteiger partial charge in [0.05, 0.1) is 12.3 Å². The number of carbonyl (C=O) groups excluding carboxylic acids is 1. The van der Waals surface area contributed by atoms with Crippen LogP contribution in [0.4, 0.5) is 4.79 Å². The van der Waals surface area contributed by atoms with Crippen molar-refractivity contribution in [1.82, 2.24) is 10.3 Å². The van der Waals surface area contributed by atoms with Crippen molar-refractivity contribution in [2.45, 2.75) is 45.4 Å². The van der Waals surface area contributed by atoms with Crippen molar-refractivity contribution in [2.24, 2.45) is 28.3 Å². The van der Waals surface area contributed by atoms with Crippen molar-refractivity contribution < 1.29 is 4.79 Å². The lowest BCUT2D eigenvalue weighted by Crippen LogP contribution is -2.55. The molecule has 3 fully saturated rings. The highest BCUT2D eigenvalue weighted by atomic mass is 16.2. The Morgan fingerprint density at radius 1 is 1.06 bits per heavy atom. The Labute approximate surface area is 185 Å². The van der Waals surface area contributed by atoms with Crippen LogP contribution in [0.15, 0.2) is 65.8 Å². The molecule has 4 heteroatoms. The van der Waals surface area contributed by atoms with Gasteiger partial charge >= 0.3 is 6.03 Å². The van der Waals surface area contributed by atoms with Gasteiger partial charge in [0.1, 0.15) is 0 Å². The number of rotatable bonds is 5. The molecule has 0 saturated heterocycles. The van der Waals surface area contributed by atoms with Crippen LogP contribution in [0.2, 0.25) is 0 Å². The van der Waals surface area contributed by atoms with Crippen LogP contribution < -0.4 is 5.32 Å². The van der Waals surface area contributed by atoms with Gasteiger partial charge in [-0.25, -0.2) is 9.80 Å². The zero-order valence-electron chi connectivity index (χ0n) is 18.6. The maximum absolute atomic E-state index is 13.1. The summed E-state index contributed by atoms with van der Waals surface area (Å²) in [4.78, 5) is 13.1. The monoisotopic (exact) mass is 415 g/mol. The largest absolute Gasteiger partial charge is 0.337 e. The fraction of sp³-hybridized carbons (Fsp3) is 0.481. The van der Waals surface area contributed by atoms with Gasteiger partial charge in [-0.3, -0.25) is 0 Å². The van der Waals surface area contributed by atoms with E-state index in [4.69, 9.17) is 5.10 Å². The first kappa shape index (κ1) is 20.3. The molecule has 4 atom stereocenters. The number of carbonyl (C=O) groups is 1. The number of hydrogen-bond donors (Lipinski definition) is 1. The van der Waals surface area contributed by atoms with Gasteiger partial charge in [0.2, 0.25) is 0 Å². The van der Waals surface area contributed by atoms with Gasteiger partial charge in [-0.2, -0.15) is 5.10 Å². The highest BCUT2D eigenvalue weighted by molar-refractivity contribution is 5.96. The fourth-order valence-corrected chi connectivity index (χ4v) is 6.14. The van der Waals surface area contributed by atoms with Gasteiger partial charge in [0.15, 0.2) is 0 Å². The molecule has 3 saturated carbocycles. The van der Waals surface area contributed by atoms with Crippen LogP contribution in [0.5, 0.6) is 0 Å². The number of hydrazone groups is 1. The quantitative estimate of drug-likeness (QED) is 0.692. The van der Waals surface area contributed by atoms with Crippen molar-refractivity contribution >= 4 is 11.7 Å². The molecule has 2 bridgehead atoms.